The number of nitrogen functional groups attached to an aromatic ring is 1. The monoisotopic (exact) mass is 445 g/mol. The van der Waals surface area contributed by atoms with E-state index in [9.17, 15) is 31.0 Å². The molecule has 10 heteroatoms. The molecule has 0 saturated heterocycles. The van der Waals surface area contributed by atoms with Gasteiger partial charge in [-0.15, -0.1) is 0 Å². The lowest BCUT2D eigenvalue weighted by Gasteiger charge is -2.13. The van der Waals surface area contributed by atoms with E-state index in [0.29, 0.717) is 27.3 Å². The third-order valence-corrected chi connectivity index (χ3v) is 6.58. The highest BCUT2D eigenvalue weighted by atomic mass is 32.2. The molecule has 8 nitrogen and oxygen atoms in total. The minimum atomic E-state index is -4.52. The first kappa shape index (κ1) is 20.1. The number of phenols is 1. The maximum Gasteiger partial charge on any atom is 0.295 e. The predicted molar refractivity (Wildman–Crippen MR) is 113 cm³/mol. The molecule has 0 aliphatic rings. The van der Waals surface area contributed by atoms with E-state index in [2.05, 4.69) is 0 Å². The molecule has 0 unspecified atom stereocenters. The van der Waals surface area contributed by atoms with Crippen molar-refractivity contribution < 1.29 is 31.0 Å². The van der Waals surface area contributed by atoms with Crippen LogP contribution in [0.25, 0.3) is 32.7 Å². The van der Waals surface area contributed by atoms with E-state index in [-0.39, 0.29) is 16.0 Å². The summed E-state index contributed by atoms with van der Waals surface area (Å²) >= 11 is 0. The molecule has 30 heavy (non-hydrogen) atoms. The summed E-state index contributed by atoms with van der Waals surface area (Å²) in [6, 6.07) is 14.6. The van der Waals surface area contributed by atoms with Crippen LogP contribution < -0.4 is 5.73 Å². The average molecular weight is 445 g/mol. The standard InChI is InChI=1S/C20H15NO7S2/c21-20-15(7-6-13-8-14(29(23,24)25)10-17(22)19(13)20)12-5-4-11-2-1-3-18(16(11)9-12)30(26,27)28/h1-10,22H,21H2,(H,23,24,25)(H,26,27,28). The Kier molecular flexibility index (Phi) is 4.47. The number of anilines is 1. The number of rotatable bonds is 3. The molecule has 0 heterocycles. The first-order valence-corrected chi connectivity index (χ1v) is 11.4. The summed E-state index contributed by atoms with van der Waals surface area (Å²) in [5.74, 6) is -0.432. The summed E-state index contributed by atoms with van der Waals surface area (Å²) in [5.41, 5.74) is 7.36. The lowest BCUT2D eigenvalue weighted by Crippen LogP contribution is -2.00. The second-order valence-electron chi connectivity index (χ2n) is 6.71. The molecule has 0 bridgehead atoms. The first-order valence-electron chi connectivity index (χ1n) is 8.50. The predicted octanol–water partition coefficient (Wildman–Crippen LogP) is 3.44. The first-order chi connectivity index (χ1) is 14.0. The van der Waals surface area contributed by atoms with E-state index in [0.717, 1.165) is 6.07 Å². The van der Waals surface area contributed by atoms with Gasteiger partial charge in [0.05, 0.1) is 10.6 Å². The van der Waals surface area contributed by atoms with Crippen LogP contribution in [0.5, 0.6) is 5.75 Å². The minimum Gasteiger partial charge on any atom is -0.507 e. The van der Waals surface area contributed by atoms with Gasteiger partial charge in [-0.25, -0.2) is 0 Å². The molecule has 0 radical (unpaired) electrons. The van der Waals surface area contributed by atoms with Crippen molar-refractivity contribution in [3.63, 3.8) is 0 Å². The number of hydrogen-bond donors (Lipinski definition) is 4. The van der Waals surface area contributed by atoms with Crippen molar-refractivity contribution in [2.75, 3.05) is 5.73 Å². The van der Waals surface area contributed by atoms with Crippen LogP contribution >= 0.6 is 0 Å². The summed E-state index contributed by atoms with van der Waals surface area (Å²) in [6.45, 7) is 0. The van der Waals surface area contributed by atoms with Gasteiger partial charge in [0, 0.05) is 22.4 Å². The molecule has 0 atom stereocenters. The van der Waals surface area contributed by atoms with Gasteiger partial charge in [0.25, 0.3) is 20.2 Å². The van der Waals surface area contributed by atoms with Gasteiger partial charge < -0.3 is 10.8 Å². The van der Waals surface area contributed by atoms with Crippen LogP contribution in [0.15, 0.2) is 70.5 Å². The Morgan fingerprint density at radius 1 is 0.767 bits per heavy atom. The van der Waals surface area contributed by atoms with Crippen molar-refractivity contribution in [3.8, 4) is 16.9 Å². The molecule has 154 valence electrons. The third kappa shape index (κ3) is 3.35. The largest absolute Gasteiger partial charge is 0.507 e. The number of phenolic OH excluding ortho intramolecular Hbond substituents is 1. The van der Waals surface area contributed by atoms with E-state index in [1.54, 1.807) is 30.3 Å². The molecule has 0 aliphatic carbocycles. The fourth-order valence-corrected chi connectivity index (χ4v) is 4.72. The normalized spacial score (nSPS) is 12.5. The number of fused-ring (bicyclic) bond motifs is 2. The van der Waals surface area contributed by atoms with Crippen LogP contribution in [0.1, 0.15) is 0 Å². The fourth-order valence-electron chi connectivity index (χ4n) is 3.48. The van der Waals surface area contributed by atoms with Crippen molar-refractivity contribution in [1.82, 2.24) is 0 Å². The van der Waals surface area contributed by atoms with Gasteiger partial charge in [-0.2, -0.15) is 16.8 Å². The highest BCUT2D eigenvalue weighted by Gasteiger charge is 2.18. The molecule has 4 aromatic rings. The van der Waals surface area contributed by atoms with E-state index in [1.165, 1.54) is 24.3 Å². The molecule has 0 amide bonds. The minimum absolute atomic E-state index is 0.135. The Morgan fingerprint density at radius 2 is 1.47 bits per heavy atom. The van der Waals surface area contributed by atoms with Gasteiger partial charge in [-0.3, -0.25) is 9.11 Å². The van der Waals surface area contributed by atoms with Crippen LogP contribution in [0.4, 0.5) is 5.69 Å². The van der Waals surface area contributed by atoms with Gasteiger partial charge >= 0.3 is 0 Å². The van der Waals surface area contributed by atoms with Crippen LogP contribution in [-0.2, 0) is 20.2 Å². The lowest BCUT2D eigenvalue weighted by atomic mass is 9.96. The smallest absolute Gasteiger partial charge is 0.295 e. The van der Waals surface area contributed by atoms with Crippen molar-refractivity contribution in [2.45, 2.75) is 9.79 Å². The van der Waals surface area contributed by atoms with Gasteiger partial charge in [-0.05, 0) is 34.5 Å². The maximum absolute atomic E-state index is 11.7. The number of nitrogens with two attached hydrogens (primary N) is 1. The van der Waals surface area contributed by atoms with Gasteiger partial charge in [0.15, 0.2) is 0 Å². The van der Waals surface area contributed by atoms with Crippen LogP contribution in [0.2, 0.25) is 0 Å². The van der Waals surface area contributed by atoms with E-state index in [1.807, 2.05) is 0 Å². The van der Waals surface area contributed by atoms with Crippen molar-refractivity contribution >= 4 is 47.5 Å². The molecule has 0 fully saturated rings. The summed E-state index contributed by atoms with van der Waals surface area (Å²) in [6.07, 6.45) is 0. The Bertz CT molecular complexity index is 1560. The highest BCUT2D eigenvalue weighted by Crippen LogP contribution is 2.40. The van der Waals surface area contributed by atoms with Gasteiger partial charge in [0.2, 0.25) is 0 Å². The van der Waals surface area contributed by atoms with Crippen LogP contribution in [-0.4, -0.2) is 31.0 Å². The Labute approximate surface area is 171 Å². The highest BCUT2D eigenvalue weighted by molar-refractivity contribution is 7.86. The SMILES string of the molecule is Nc1c(-c2ccc3cccc(S(=O)(=O)O)c3c2)ccc2cc(S(=O)(=O)O)cc(O)c12. The van der Waals surface area contributed by atoms with Crippen molar-refractivity contribution in [2.24, 2.45) is 0 Å². The number of aromatic hydroxyl groups is 1. The second kappa shape index (κ2) is 6.67. The molecular weight excluding hydrogens is 430 g/mol. The summed E-state index contributed by atoms with van der Waals surface area (Å²) in [5, 5.41) is 11.7. The van der Waals surface area contributed by atoms with Gasteiger partial charge in [0.1, 0.15) is 10.6 Å². The Morgan fingerprint density at radius 3 is 2.13 bits per heavy atom. The zero-order valence-corrected chi connectivity index (χ0v) is 16.8. The molecule has 5 N–H and O–H groups in total. The van der Waals surface area contributed by atoms with E-state index < -0.39 is 30.9 Å². The quantitative estimate of drug-likeness (QED) is 0.276. The zero-order chi connectivity index (χ0) is 21.8. The summed E-state index contributed by atoms with van der Waals surface area (Å²) in [4.78, 5) is -0.718. The van der Waals surface area contributed by atoms with Crippen molar-refractivity contribution in [3.05, 3.63) is 60.7 Å². The van der Waals surface area contributed by atoms with Crippen LogP contribution in [0, 0.1) is 0 Å². The number of benzene rings is 4. The second-order valence-corrected chi connectivity index (χ2v) is 9.52. The topological polar surface area (TPSA) is 155 Å². The third-order valence-electron chi connectivity index (χ3n) is 4.84. The molecule has 0 saturated carbocycles. The summed E-state index contributed by atoms with van der Waals surface area (Å²) in [7, 11) is -8.97. The molecule has 0 aliphatic heterocycles. The molecule has 0 aromatic heterocycles. The van der Waals surface area contributed by atoms with Crippen molar-refractivity contribution in [1.29, 1.82) is 0 Å². The fraction of sp³-hybridized carbons (Fsp3) is 0. The number of hydrogen-bond acceptors (Lipinski definition) is 6. The molecule has 4 rings (SSSR count). The molecular formula is C20H15NO7S2. The van der Waals surface area contributed by atoms with E-state index >= 15 is 0 Å². The lowest BCUT2D eigenvalue weighted by molar-refractivity contribution is 0.471. The zero-order valence-electron chi connectivity index (χ0n) is 15.1. The summed E-state index contributed by atoms with van der Waals surface area (Å²) < 4.78 is 65.0. The Balaban J connectivity index is 1.99. The van der Waals surface area contributed by atoms with Crippen LogP contribution in [0.3, 0.4) is 0 Å². The molecule has 0 spiro atoms. The molecule has 4 aromatic carbocycles. The van der Waals surface area contributed by atoms with E-state index in [4.69, 9.17) is 5.73 Å². The Hall–Kier alpha value is -3.18. The average Bonchev–Trinajstić information content (AvgIpc) is 2.65. The van der Waals surface area contributed by atoms with Gasteiger partial charge in [-0.1, -0.05) is 36.4 Å². The maximum atomic E-state index is 11.7.